The van der Waals surface area contributed by atoms with Gasteiger partial charge in [-0.15, -0.1) is 10.2 Å². The number of carbonyl (C=O) groups is 1. The first-order valence-corrected chi connectivity index (χ1v) is 10.4. The molecule has 1 saturated carbocycles. The third-order valence-corrected chi connectivity index (χ3v) is 6.13. The molecular weight excluding hydrogens is 362 g/mol. The molecule has 1 aliphatic heterocycles. The van der Waals surface area contributed by atoms with E-state index in [-0.39, 0.29) is 11.9 Å². The van der Waals surface area contributed by atoms with Crippen molar-refractivity contribution in [3.63, 3.8) is 0 Å². The highest BCUT2D eigenvalue weighted by Gasteiger charge is 2.31. The van der Waals surface area contributed by atoms with Crippen LogP contribution >= 0.6 is 0 Å². The van der Waals surface area contributed by atoms with Crippen molar-refractivity contribution in [3.8, 4) is 11.5 Å². The van der Waals surface area contributed by atoms with Crippen LogP contribution in [0.2, 0.25) is 0 Å². The minimum atomic E-state index is 0.0369. The summed E-state index contributed by atoms with van der Waals surface area (Å²) in [5.41, 5.74) is 3.94. The van der Waals surface area contributed by atoms with Crippen LogP contribution in [-0.2, 0) is 6.54 Å². The number of pyridine rings is 1. The molecule has 5 rings (SSSR count). The summed E-state index contributed by atoms with van der Waals surface area (Å²) in [7, 11) is 0. The Bertz CT molecular complexity index is 1060. The van der Waals surface area contributed by atoms with Gasteiger partial charge in [0.1, 0.15) is 17.8 Å². The van der Waals surface area contributed by atoms with Crippen LogP contribution in [0.4, 0.5) is 5.82 Å². The van der Waals surface area contributed by atoms with Crippen molar-refractivity contribution in [2.24, 2.45) is 0 Å². The molecule has 1 fully saturated rings. The average molecular weight is 387 g/mol. The lowest BCUT2D eigenvalue weighted by atomic mass is 9.94. The number of anilines is 1. The Morgan fingerprint density at radius 3 is 2.72 bits per heavy atom. The van der Waals surface area contributed by atoms with E-state index in [2.05, 4.69) is 42.2 Å². The summed E-state index contributed by atoms with van der Waals surface area (Å²) in [6.07, 6.45) is 6.77. The standard InChI is InChI=1S/C23H25N5O/c1-15(2)28-14-24-26-22(28)20-8-5-9-21(25-20)27-13-18-11-10-17(12-19(18)23(27)29)16-6-3-4-7-16/h5,8-12,14-16H,3-4,6-7,13H2,1-2H3. The van der Waals surface area contributed by atoms with Crippen molar-refractivity contribution in [3.05, 3.63) is 59.4 Å². The first-order valence-electron chi connectivity index (χ1n) is 10.4. The Morgan fingerprint density at radius 2 is 1.93 bits per heavy atom. The van der Waals surface area contributed by atoms with Gasteiger partial charge in [0, 0.05) is 11.6 Å². The van der Waals surface area contributed by atoms with Crippen LogP contribution in [0, 0.1) is 0 Å². The fraction of sp³-hybridized carbons (Fsp3) is 0.391. The molecule has 0 atom stereocenters. The minimum absolute atomic E-state index is 0.0369. The van der Waals surface area contributed by atoms with Crippen LogP contribution in [0.1, 0.15) is 73.0 Å². The molecule has 1 aromatic carbocycles. The highest BCUT2D eigenvalue weighted by molar-refractivity contribution is 6.09. The van der Waals surface area contributed by atoms with Gasteiger partial charge in [0.2, 0.25) is 0 Å². The molecular formula is C23H25N5O. The van der Waals surface area contributed by atoms with Gasteiger partial charge in [-0.2, -0.15) is 0 Å². The second-order valence-electron chi connectivity index (χ2n) is 8.33. The van der Waals surface area contributed by atoms with E-state index in [0.717, 1.165) is 22.6 Å². The van der Waals surface area contributed by atoms with E-state index in [4.69, 9.17) is 4.98 Å². The fourth-order valence-electron chi connectivity index (χ4n) is 4.52. The van der Waals surface area contributed by atoms with Gasteiger partial charge in [0.15, 0.2) is 5.82 Å². The van der Waals surface area contributed by atoms with Gasteiger partial charge >= 0.3 is 0 Å². The van der Waals surface area contributed by atoms with Crippen LogP contribution < -0.4 is 4.90 Å². The second-order valence-corrected chi connectivity index (χ2v) is 8.33. The van der Waals surface area contributed by atoms with Gasteiger partial charge in [-0.05, 0) is 61.9 Å². The monoisotopic (exact) mass is 387 g/mol. The number of hydrogen-bond donors (Lipinski definition) is 0. The van der Waals surface area contributed by atoms with Crippen molar-refractivity contribution in [1.82, 2.24) is 19.7 Å². The third kappa shape index (κ3) is 3.12. The van der Waals surface area contributed by atoms with Gasteiger partial charge in [-0.25, -0.2) is 4.98 Å². The summed E-state index contributed by atoms with van der Waals surface area (Å²) in [4.78, 5) is 19.7. The van der Waals surface area contributed by atoms with Crippen molar-refractivity contribution in [2.75, 3.05) is 4.90 Å². The van der Waals surface area contributed by atoms with Crippen molar-refractivity contribution in [1.29, 1.82) is 0 Å². The van der Waals surface area contributed by atoms with Crippen molar-refractivity contribution in [2.45, 2.75) is 58.0 Å². The summed E-state index contributed by atoms with van der Waals surface area (Å²) < 4.78 is 1.99. The summed E-state index contributed by atoms with van der Waals surface area (Å²) in [6, 6.07) is 12.4. The number of rotatable bonds is 4. The molecule has 0 unspecified atom stereocenters. The van der Waals surface area contributed by atoms with Crippen LogP contribution in [0.25, 0.3) is 11.5 Å². The molecule has 29 heavy (non-hydrogen) atoms. The molecule has 0 N–H and O–H groups in total. The SMILES string of the molecule is CC(C)n1cnnc1-c1cccc(N2Cc3ccc(C4CCCC4)cc3C2=O)n1. The van der Waals surface area contributed by atoms with Crippen LogP contribution in [0.5, 0.6) is 0 Å². The number of aromatic nitrogens is 4. The summed E-state index contributed by atoms with van der Waals surface area (Å²) in [5, 5.41) is 8.27. The number of amides is 1. The van der Waals surface area contributed by atoms with Crippen molar-refractivity contribution < 1.29 is 4.79 Å². The molecule has 0 saturated heterocycles. The Kier molecular flexibility index (Phi) is 4.42. The van der Waals surface area contributed by atoms with E-state index >= 15 is 0 Å². The number of nitrogens with zero attached hydrogens (tertiary/aromatic N) is 5. The summed E-state index contributed by atoms with van der Waals surface area (Å²) >= 11 is 0. The molecule has 2 aliphatic rings. The van der Waals surface area contributed by atoms with Gasteiger partial charge in [-0.3, -0.25) is 9.69 Å². The maximum absolute atomic E-state index is 13.2. The van der Waals surface area contributed by atoms with Crippen LogP contribution in [0.15, 0.2) is 42.7 Å². The van der Waals surface area contributed by atoms with Crippen LogP contribution in [-0.4, -0.2) is 25.7 Å². The lowest BCUT2D eigenvalue weighted by Crippen LogP contribution is -2.24. The minimum Gasteiger partial charge on any atom is -0.310 e. The number of benzene rings is 1. The van der Waals surface area contributed by atoms with Gasteiger partial charge in [0.05, 0.1) is 6.54 Å². The van der Waals surface area contributed by atoms with Crippen molar-refractivity contribution >= 4 is 11.7 Å². The Hall–Kier alpha value is -3.02. The molecule has 3 heterocycles. The third-order valence-electron chi connectivity index (χ3n) is 6.13. The topological polar surface area (TPSA) is 63.9 Å². The average Bonchev–Trinajstić information content (AvgIpc) is 3.48. The second kappa shape index (κ2) is 7.10. The molecule has 0 spiro atoms. The highest BCUT2D eigenvalue weighted by Crippen LogP contribution is 2.37. The van der Waals surface area contributed by atoms with Gasteiger partial charge in [-0.1, -0.05) is 31.0 Å². The van der Waals surface area contributed by atoms with E-state index < -0.39 is 0 Å². The van der Waals surface area contributed by atoms with Crippen LogP contribution in [0.3, 0.4) is 0 Å². The first-order chi connectivity index (χ1) is 14.1. The Labute approximate surface area is 170 Å². The smallest absolute Gasteiger partial charge is 0.260 e. The summed E-state index contributed by atoms with van der Waals surface area (Å²) in [5.74, 6) is 2.01. The fourth-order valence-corrected chi connectivity index (χ4v) is 4.52. The molecule has 1 amide bonds. The van der Waals surface area contributed by atoms with E-state index in [1.165, 1.54) is 31.2 Å². The summed E-state index contributed by atoms with van der Waals surface area (Å²) in [6.45, 7) is 4.73. The van der Waals surface area contributed by atoms with E-state index in [0.29, 0.717) is 18.3 Å². The molecule has 148 valence electrons. The van der Waals surface area contributed by atoms with Gasteiger partial charge < -0.3 is 4.57 Å². The molecule has 0 radical (unpaired) electrons. The van der Waals surface area contributed by atoms with E-state index in [9.17, 15) is 4.79 Å². The maximum Gasteiger partial charge on any atom is 0.260 e. The Balaban J connectivity index is 1.46. The van der Waals surface area contributed by atoms with E-state index in [1.807, 2.05) is 22.8 Å². The largest absolute Gasteiger partial charge is 0.310 e. The normalized spacial score (nSPS) is 16.8. The molecule has 6 nitrogen and oxygen atoms in total. The number of carbonyl (C=O) groups excluding carboxylic acids is 1. The molecule has 3 aromatic rings. The highest BCUT2D eigenvalue weighted by atomic mass is 16.2. The first kappa shape index (κ1) is 18.0. The predicted octanol–water partition coefficient (Wildman–Crippen LogP) is 4.74. The zero-order valence-corrected chi connectivity index (χ0v) is 16.9. The number of hydrogen-bond acceptors (Lipinski definition) is 4. The maximum atomic E-state index is 13.2. The zero-order valence-electron chi connectivity index (χ0n) is 16.9. The molecule has 0 bridgehead atoms. The quantitative estimate of drug-likeness (QED) is 0.649. The lowest BCUT2D eigenvalue weighted by molar-refractivity contribution is 0.0996. The zero-order chi connectivity index (χ0) is 20.0. The predicted molar refractivity (Wildman–Crippen MR) is 112 cm³/mol. The lowest BCUT2D eigenvalue weighted by Gasteiger charge is -2.16. The molecule has 2 aromatic heterocycles. The Morgan fingerprint density at radius 1 is 1.10 bits per heavy atom. The van der Waals surface area contributed by atoms with Gasteiger partial charge in [0.25, 0.3) is 5.91 Å². The molecule has 6 heteroatoms. The molecule has 1 aliphatic carbocycles. The van der Waals surface area contributed by atoms with E-state index in [1.54, 1.807) is 11.2 Å². The number of fused-ring (bicyclic) bond motifs is 1.